The lowest BCUT2D eigenvalue weighted by molar-refractivity contribution is -0.119. The van der Waals surface area contributed by atoms with Crippen molar-refractivity contribution in [2.45, 2.75) is 37.0 Å². The van der Waals surface area contributed by atoms with Gasteiger partial charge in [-0.25, -0.2) is 4.98 Å². The maximum Gasteiger partial charge on any atom is 0.262 e. The summed E-state index contributed by atoms with van der Waals surface area (Å²) in [6.45, 7) is 0.539. The molecule has 2 aromatic carbocycles. The maximum absolute atomic E-state index is 13.2. The van der Waals surface area contributed by atoms with Gasteiger partial charge in [0, 0.05) is 11.4 Å². The quantitative estimate of drug-likeness (QED) is 0.323. The normalized spacial score (nSPS) is 15.1. The molecular weight excluding hydrogens is 438 g/mol. The number of benzene rings is 2. The minimum absolute atomic E-state index is 0.0380. The lowest BCUT2D eigenvalue weighted by atomic mass is 10.1. The Hall–Kier alpha value is -2.90. The van der Waals surface area contributed by atoms with Crippen molar-refractivity contribution in [2.24, 2.45) is 0 Å². The second-order valence-electron chi connectivity index (χ2n) is 7.84. The van der Waals surface area contributed by atoms with Crippen molar-refractivity contribution >= 4 is 39.9 Å². The second kappa shape index (κ2) is 9.30. The smallest absolute Gasteiger partial charge is 0.262 e. The zero-order chi connectivity index (χ0) is 21.9. The van der Waals surface area contributed by atoms with Gasteiger partial charge in [-0.3, -0.25) is 14.2 Å². The molecule has 0 radical (unpaired) electrons. The van der Waals surface area contributed by atoms with E-state index in [1.54, 1.807) is 15.9 Å². The molecule has 5 nitrogen and oxygen atoms in total. The van der Waals surface area contributed by atoms with Crippen LogP contribution in [0, 0.1) is 0 Å². The fourth-order valence-electron chi connectivity index (χ4n) is 4.21. The zero-order valence-corrected chi connectivity index (χ0v) is 19.1. The van der Waals surface area contributed by atoms with Crippen molar-refractivity contribution < 1.29 is 4.79 Å². The standard InChI is InChI=1S/C25H23N3O2S2/c29-23(26-22-12-11-17-6-1-2-8-19(17)22)16-32-25-27-21-10-4-3-9-20(21)24(30)28(25)14-13-18-7-5-15-31-18/h1-10,15,22H,11-14,16H2,(H,26,29). The summed E-state index contributed by atoms with van der Waals surface area (Å²) < 4.78 is 1.71. The largest absolute Gasteiger partial charge is 0.349 e. The van der Waals surface area contributed by atoms with Gasteiger partial charge in [0.25, 0.3) is 5.56 Å². The van der Waals surface area contributed by atoms with Gasteiger partial charge in [0.1, 0.15) is 0 Å². The Bertz CT molecular complexity index is 1310. The van der Waals surface area contributed by atoms with E-state index in [0.29, 0.717) is 22.6 Å². The molecule has 0 bridgehead atoms. The number of thiophene rings is 1. The van der Waals surface area contributed by atoms with Gasteiger partial charge in [-0.2, -0.15) is 0 Å². The molecule has 1 aliphatic rings. The number of aryl methyl sites for hydroxylation is 2. The summed E-state index contributed by atoms with van der Waals surface area (Å²) in [5.41, 5.74) is 3.13. The number of carbonyl (C=O) groups is 1. The summed E-state index contributed by atoms with van der Waals surface area (Å²) >= 11 is 3.01. The van der Waals surface area contributed by atoms with Crippen molar-refractivity contribution in [2.75, 3.05) is 5.75 Å². The van der Waals surface area contributed by atoms with E-state index in [4.69, 9.17) is 4.98 Å². The van der Waals surface area contributed by atoms with Crippen LogP contribution in [0.25, 0.3) is 10.9 Å². The molecule has 7 heteroatoms. The molecule has 162 valence electrons. The number of aromatic nitrogens is 2. The summed E-state index contributed by atoms with van der Waals surface area (Å²) in [6, 6.07) is 19.8. The zero-order valence-electron chi connectivity index (χ0n) is 17.5. The highest BCUT2D eigenvalue weighted by molar-refractivity contribution is 7.99. The fourth-order valence-corrected chi connectivity index (χ4v) is 5.74. The molecule has 0 saturated heterocycles. The van der Waals surface area contributed by atoms with Crippen molar-refractivity contribution in [3.63, 3.8) is 0 Å². The van der Waals surface area contributed by atoms with E-state index in [9.17, 15) is 9.59 Å². The number of thioether (sulfide) groups is 1. The minimum Gasteiger partial charge on any atom is -0.349 e. The summed E-state index contributed by atoms with van der Waals surface area (Å²) in [6.07, 6.45) is 2.68. The molecule has 2 heterocycles. The Kier molecular flexibility index (Phi) is 6.10. The van der Waals surface area contributed by atoms with Gasteiger partial charge in [-0.15, -0.1) is 11.3 Å². The predicted octanol–water partition coefficient (Wildman–Crippen LogP) is 4.60. The van der Waals surface area contributed by atoms with Gasteiger partial charge in [-0.1, -0.05) is 54.2 Å². The number of nitrogens with zero attached hydrogens (tertiary/aromatic N) is 2. The Balaban J connectivity index is 1.34. The van der Waals surface area contributed by atoms with Crippen molar-refractivity contribution in [1.82, 2.24) is 14.9 Å². The van der Waals surface area contributed by atoms with E-state index < -0.39 is 0 Å². The predicted molar refractivity (Wildman–Crippen MR) is 130 cm³/mol. The van der Waals surface area contributed by atoms with Crippen molar-refractivity contribution in [1.29, 1.82) is 0 Å². The van der Waals surface area contributed by atoms with E-state index in [0.717, 1.165) is 19.3 Å². The molecule has 0 spiro atoms. The number of fused-ring (bicyclic) bond motifs is 2. The van der Waals surface area contributed by atoms with Crippen LogP contribution in [0.15, 0.2) is 76.0 Å². The topological polar surface area (TPSA) is 64.0 Å². The lowest BCUT2D eigenvalue weighted by Gasteiger charge is -2.15. The molecule has 1 atom stereocenters. The van der Waals surface area contributed by atoms with Gasteiger partial charge >= 0.3 is 0 Å². The minimum atomic E-state index is -0.0558. The SMILES string of the molecule is O=C(CSc1nc2ccccc2c(=O)n1CCc1cccs1)NC1CCc2ccccc21. The number of amides is 1. The van der Waals surface area contributed by atoms with Gasteiger partial charge in [0.05, 0.1) is 22.7 Å². The maximum atomic E-state index is 13.2. The van der Waals surface area contributed by atoms with Crippen LogP contribution >= 0.6 is 23.1 Å². The van der Waals surface area contributed by atoms with Crippen LogP contribution in [0.4, 0.5) is 0 Å². The first-order valence-corrected chi connectivity index (χ1v) is 12.6. The van der Waals surface area contributed by atoms with Crippen LogP contribution < -0.4 is 10.9 Å². The van der Waals surface area contributed by atoms with Crippen molar-refractivity contribution in [3.8, 4) is 0 Å². The van der Waals surface area contributed by atoms with Crippen molar-refractivity contribution in [3.05, 3.63) is 92.4 Å². The average Bonchev–Trinajstić information content (AvgIpc) is 3.48. The Morgan fingerprint density at radius 2 is 1.97 bits per heavy atom. The molecule has 0 saturated carbocycles. The fraction of sp³-hybridized carbons (Fsp3) is 0.240. The van der Waals surface area contributed by atoms with Gasteiger partial charge in [0.15, 0.2) is 5.16 Å². The molecule has 0 fully saturated rings. The molecule has 1 unspecified atom stereocenters. The van der Waals surface area contributed by atoms with Gasteiger partial charge in [0.2, 0.25) is 5.91 Å². The molecule has 5 rings (SSSR count). The number of rotatable bonds is 7. The van der Waals surface area contributed by atoms with Crippen LogP contribution in [-0.2, 0) is 24.2 Å². The second-order valence-corrected chi connectivity index (χ2v) is 9.82. The van der Waals surface area contributed by atoms with Gasteiger partial charge < -0.3 is 5.32 Å². The molecule has 32 heavy (non-hydrogen) atoms. The first-order valence-electron chi connectivity index (χ1n) is 10.7. The van der Waals surface area contributed by atoms with Crippen LogP contribution in [0.3, 0.4) is 0 Å². The molecule has 0 aliphatic heterocycles. The average molecular weight is 462 g/mol. The summed E-state index contributed by atoms with van der Waals surface area (Å²) in [5.74, 6) is 0.187. The Labute approximate surface area is 194 Å². The molecule has 1 N–H and O–H groups in total. The highest BCUT2D eigenvalue weighted by Gasteiger charge is 2.23. The van der Waals surface area contributed by atoms with Crippen LogP contribution in [0.1, 0.15) is 28.5 Å². The number of carbonyl (C=O) groups excluding carboxylic acids is 1. The summed E-state index contributed by atoms with van der Waals surface area (Å²) in [7, 11) is 0. The monoisotopic (exact) mass is 461 g/mol. The number of hydrogen-bond donors (Lipinski definition) is 1. The van der Waals surface area contributed by atoms with Crippen LogP contribution in [0.2, 0.25) is 0 Å². The third-order valence-corrected chi connectivity index (χ3v) is 7.70. The summed E-state index contributed by atoms with van der Waals surface area (Å²) in [5, 5.41) is 6.39. The first-order chi connectivity index (χ1) is 15.7. The van der Waals surface area contributed by atoms with Crippen LogP contribution in [-0.4, -0.2) is 21.2 Å². The molecule has 4 aromatic rings. The van der Waals surface area contributed by atoms with E-state index in [1.165, 1.54) is 27.8 Å². The Morgan fingerprint density at radius 3 is 2.84 bits per heavy atom. The first kappa shape index (κ1) is 21.0. The highest BCUT2D eigenvalue weighted by Crippen LogP contribution is 2.31. The molecular formula is C25H23N3O2S2. The van der Waals surface area contributed by atoms with Crippen LogP contribution in [0.5, 0.6) is 0 Å². The van der Waals surface area contributed by atoms with E-state index in [1.807, 2.05) is 47.8 Å². The molecule has 1 aliphatic carbocycles. The van der Waals surface area contributed by atoms with E-state index in [-0.39, 0.29) is 23.3 Å². The lowest BCUT2D eigenvalue weighted by Crippen LogP contribution is -2.29. The molecule has 2 aromatic heterocycles. The van der Waals surface area contributed by atoms with E-state index in [2.05, 4.69) is 23.5 Å². The summed E-state index contributed by atoms with van der Waals surface area (Å²) in [4.78, 5) is 31.9. The Morgan fingerprint density at radius 1 is 1.12 bits per heavy atom. The number of nitrogens with one attached hydrogen (secondary N) is 1. The number of para-hydroxylation sites is 1. The third-order valence-electron chi connectivity index (χ3n) is 5.79. The van der Waals surface area contributed by atoms with Gasteiger partial charge in [-0.05, 0) is 54.0 Å². The third kappa shape index (κ3) is 4.36. The molecule has 1 amide bonds. The van der Waals surface area contributed by atoms with E-state index >= 15 is 0 Å². The highest BCUT2D eigenvalue weighted by atomic mass is 32.2. The number of hydrogen-bond acceptors (Lipinski definition) is 5.